The average molecular weight is 303 g/mol. The van der Waals surface area contributed by atoms with Crippen LogP contribution in [0.2, 0.25) is 0 Å². The minimum Gasteiger partial charge on any atom is -0.372 e. The van der Waals surface area contributed by atoms with Crippen LogP contribution in [0.1, 0.15) is 42.0 Å². The molecule has 3 heterocycles. The molecule has 0 saturated carbocycles. The Morgan fingerprint density at radius 3 is 2.86 bits per heavy atom. The highest BCUT2D eigenvalue weighted by molar-refractivity contribution is 5.29. The highest BCUT2D eigenvalue weighted by Crippen LogP contribution is 2.33. The first-order valence-corrected chi connectivity index (χ1v) is 7.96. The molecule has 0 radical (unpaired) electrons. The molecule has 6 heteroatoms. The van der Waals surface area contributed by atoms with Gasteiger partial charge in [0.25, 0.3) is 0 Å². The molecule has 120 valence electrons. The van der Waals surface area contributed by atoms with E-state index in [-0.39, 0.29) is 6.10 Å². The van der Waals surface area contributed by atoms with Crippen molar-refractivity contribution in [2.45, 2.75) is 52.4 Å². The van der Waals surface area contributed by atoms with Gasteiger partial charge >= 0.3 is 0 Å². The zero-order valence-electron chi connectivity index (χ0n) is 13.8. The summed E-state index contributed by atoms with van der Waals surface area (Å²) in [5.41, 5.74) is 4.71. The molecular formula is C16H25N5O. The molecule has 1 N–H and O–H groups in total. The van der Waals surface area contributed by atoms with Crippen LogP contribution in [0.4, 0.5) is 0 Å². The zero-order chi connectivity index (χ0) is 15.7. The maximum absolute atomic E-state index is 6.00. The molecule has 2 atom stereocenters. The summed E-state index contributed by atoms with van der Waals surface area (Å²) in [6, 6.07) is 0.326. The van der Waals surface area contributed by atoms with E-state index in [4.69, 9.17) is 4.74 Å². The van der Waals surface area contributed by atoms with Crippen molar-refractivity contribution in [3.05, 3.63) is 34.9 Å². The van der Waals surface area contributed by atoms with E-state index in [1.54, 1.807) is 0 Å². The van der Waals surface area contributed by atoms with Gasteiger partial charge in [-0.15, -0.1) is 0 Å². The molecule has 1 aliphatic rings. The van der Waals surface area contributed by atoms with Gasteiger partial charge in [-0.05, 0) is 27.2 Å². The second-order valence-electron chi connectivity index (χ2n) is 5.98. The molecular weight excluding hydrogens is 278 g/mol. The monoisotopic (exact) mass is 303 g/mol. The summed E-state index contributed by atoms with van der Waals surface area (Å²) in [6.45, 7) is 8.79. The standard InChI is InChI=1S/C16H25N5O/c1-5-21-10-13(9-18-21)8-17-14-6-7-22-16(14)15-11(2)19-20(4)12(15)3/h9-10,14,16-17H,5-8H2,1-4H3/t14-,16-/m0/s1. The van der Waals surface area contributed by atoms with Crippen LogP contribution in [0.15, 0.2) is 12.4 Å². The zero-order valence-corrected chi connectivity index (χ0v) is 13.8. The lowest BCUT2D eigenvalue weighted by atomic mass is 10.00. The highest BCUT2D eigenvalue weighted by Gasteiger charge is 2.33. The molecule has 1 aliphatic heterocycles. The fourth-order valence-electron chi connectivity index (χ4n) is 3.20. The second kappa shape index (κ2) is 6.22. The van der Waals surface area contributed by atoms with Gasteiger partial charge in [0.15, 0.2) is 0 Å². The number of ether oxygens (including phenoxy) is 1. The maximum Gasteiger partial charge on any atom is 0.101 e. The first-order chi connectivity index (χ1) is 10.6. The summed E-state index contributed by atoms with van der Waals surface area (Å²) in [6.07, 6.45) is 5.15. The number of hydrogen-bond donors (Lipinski definition) is 1. The van der Waals surface area contributed by atoms with Crippen LogP contribution in [0.3, 0.4) is 0 Å². The number of rotatable bonds is 5. The van der Waals surface area contributed by atoms with E-state index in [1.807, 2.05) is 22.6 Å². The van der Waals surface area contributed by atoms with Gasteiger partial charge in [0, 0.05) is 55.8 Å². The minimum absolute atomic E-state index is 0.0925. The number of aromatic nitrogens is 4. The normalized spacial score (nSPS) is 21.6. The van der Waals surface area contributed by atoms with Gasteiger partial charge in [0.1, 0.15) is 6.10 Å². The van der Waals surface area contributed by atoms with Crippen LogP contribution >= 0.6 is 0 Å². The van der Waals surface area contributed by atoms with Crippen LogP contribution < -0.4 is 5.32 Å². The molecule has 2 aromatic heterocycles. The fourth-order valence-corrected chi connectivity index (χ4v) is 3.20. The summed E-state index contributed by atoms with van der Waals surface area (Å²) < 4.78 is 9.90. The Hall–Kier alpha value is -1.66. The molecule has 22 heavy (non-hydrogen) atoms. The lowest BCUT2D eigenvalue weighted by Crippen LogP contribution is -2.31. The van der Waals surface area contributed by atoms with Crippen LogP contribution in [0, 0.1) is 13.8 Å². The predicted molar refractivity (Wildman–Crippen MR) is 84.5 cm³/mol. The summed E-state index contributed by atoms with van der Waals surface area (Å²) in [5, 5.41) is 12.5. The smallest absolute Gasteiger partial charge is 0.101 e. The van der Waals surface area contributed by atoms with Gasteiger partial charge in [-0.25, -0.2) is 0 Å². The van der Waals surface area contributed by atoms with Gasteiger partial charge in [0.2, 0.25) is 0 Å². The van der Waals surface area contributed by atoms with E-state index < -0.39 is 0 Å². The van der Waals surface area contributed by atoms with E-state index >= 15 is 0 Å². The maximum atomic E-state index is 6.00. The third-order valence-corrected chi connectivity index (χ3v) is 4.52. The minimum atomic E-state index is 0.0925. The lowest BCUT2D eigenvalue weighted by Gasteiger charge is -2.20. The van der Waals surface area contributed by atoms with Gasteiger partial charge in [-0.2, -0.15) is 10.2 Å². The predicted octanol–water partition coefficient (Wildman–Crippen LogP) is 1.87. The van der Waals surface area contributed by atoms with Crippen molar-refractivity contribution in [3.63, 3.8) is 0 Å². The van der Waals surface area contributed by atoms with Gasteiger partial charge < -0.3 is 10.1 Å². The highest BCUT2D eigenvalue weighted by atomic mass is 16.5. The fraction of sp³-hybridized carbons (Fsp3) is 0.625. The summed E-state index contributed by atoms with van der Waals surface area (Å²) in [7, 11) is 1.99. The van der Waals surface area contributed by atoms with Gasteiger partial charge in [-0.3, -0.25) is 9.36 Å². The largest absolute Gasteiger partial charge is 0.372 e. The van der Waals surface area contributed by atoms with Crippen molar-refractivity contribution in [1.29, 1.82) is 0 Å². The van der Waals surface area contributed by atoms with Crippen molar-refractivity contribution in [2.24, 2.45) is 7.05 Å². The molecule has 6 nitrogen and oxygen atoms in total. The van der Waals surface area contributed by atoms with E-state index in [0.29, 0.717) is 6.04 Å². The third kappa shape index (κ3) is 2.80. The molecule has 0 aromatic carbocycles. The van der Waals surface area contributed by atoms with E-state index in [2.05, 4.69) is 42.5 Å². The summed E-state index contributed by atoms with van der Waals surface area (Å²) >= 11 is 0. The number of nitrogens with one attached hydrogen (secondary N) is 1. The Kier molecular flexibility index (Phi) is 4.31. The Morgan fingerprint density at radius 2 is 2.23 bits per heavy atom. The molecule has 2 aromatic rings. The Labute approximate surface area is 131 Å². The van der Waals surface area contributed by atoms with Crippen molar-refractivity contribution in [1.82, 2.24) is 24.9 Å². The first kappa shape index (κ1) is 15.2. The third-order valence-electron chi connectivity index (χ3n) is 4.52. The van der Waals surface area contributed by atoms with Crippen molar-refractivity contribution in [3.8, 4) is 0 Å². The van der Waals surface area contributed by atoms with Crippen LogP contribution in [-0.2, 0) is 24.9 Å². The summed E-state index contributed by atoms with van der Waals surface area (Å²) in [4.78, 5) is 0. The quantitative estimate of drug-likeness (QED) is 0.916. The molecule has 0 unspecified atom stereocenters. The SMILES string of the molecule is CCn1cc(CN[C@H]2CCO[C@@H]2c2c(C)nn(C)c2C)cn1. The van der Waals surface area contributed by atoms with Gasteiger partial charge in [-0.1, -0.05) is 0 Å². The number of hydrogen-bond acceptors (Lipinski definition) is 4. The molecule has 3 rings (SSSR count). The molecule has 1 fully saturated rings. The van der Waals surface area contributed by atoms with Crippen LogP contribution in [-0.4, -0.2) is 32.2 Å². The lowest BCUT2D eigenvalue weighted by molar-refractivity contribution is 0.0974. The molecule has 0 amide bonds. The average Bonchev–Trinajstić information content (AvgIpc) is 3.18. The van der Waals surface area contributed by atoms with Crippen molar-refractivity contribution < 1.29 is 4.74 Å². The van der Waals surface area contributed by atoms with E-state index in [9.17, 15) is 0 Å². The number of aryl methyl sites for hydroxylation is 3. The molecule has 0 spiro atoms. The topological polar surface area (TPSA) is 56.9 Å². The molecule has 0 bridgehead atoms. The van der Waals surface area contributed by atoms with Gasteiger partial charge in [0.05, 0.1) is 11.9 Å². The first-order valence-electron chi connectivity index (χ1n) is 7.96. The second-order valence-corrected chi connectivity index (χ2v) is 5.98. The number of nitrogens with zero attached hydrogens (tertiary/aromatic N) is 4. The van der Waals surface area contributed by atoms with Crippen LogP contribution in [0.25, 0.3) is 0 Å². The Morgan fingerprint density at radius 1 is 1.41 bits per heavy atom. The Bertz CT molecular complexity index is 645. The van der Waals surface area contributed by atoms with Crippen LogP contribution in [0.5, 0.6) is 0 Å². The summed E-state index contributed by atoms with van der Waals surface area (Å²) in [5.74, 6) is 0. The Balaban J connectivity index is 1.70. The molecule has 1 saturated heterocycles. The van der Waals surface area contributed by atoms with E-state index in [0.717, 1.165) is 31.8 Å². The van der Waals surface area contributed by atoms with Crippen molar-refractivity contribution >= 4 is 0 Å². The van der Waals surface area contributed by atoms with E-state index in [1.165, 1.54) is 16.8 Å². The molecule has 0 aliphatic carbocycles. The van der Waals surface area contributed by atoms with Crippen molar-refractivity contribution in [2.75, 3.05) is 6.61 Å².